The number of aliphatic carboxylic acids is 1. The summed E-state index contributed by atoms with van der Waals surface area (Å²) in [4.78, 5) is 15.9. The molecular weight excluding hydrogens is 288 g/mol. The lowest BCUT2D eigenvalue weighted by Crippen LogP contribution is -2.25. The van der Waals surface area contributed by atoms with Gasteiger partial charge >= 0.3 is 5.97 Å². The molecule has 0 atom stereocenters. The summed E-state index contributed by atoms with van der Waals surface area (Å²) in [6.07, 6.45) is 5.14. The van der Waals surface area contributed by atoms with E-state index in [0.717, 1.165) is 49.0 Å². The van der Waals surface area contributed by atoms with Gasteiger partial charge in [0, 0.05) is 18.5 Å². The van der Waals surface area contributed by atoms with E-state index in [4.69, 9.17) is 11.6 Å². The van der Waals surface area contributed by atoms with Crippen molar-refractivity contribution in [3.05, 3.63) is 29.0 Å². The maximum absolute atomic E-state index is 11.2. The Bertz CT molecular complexity index is 687. The number of aromatic nitrogens is 2. The van der Waals surface area contributed by atoms with Crippen LogP contribution in [-0.2, 0) is 18.3 Å². The van der Waals surface area contributed by atoms with Crippen molar-refractivity contribution in [3.63, 3.8) is 0 Å². The molecule has 4 nitrogen and oxygen atoms in total. The van der Waals surface area contributed by atoms with E-state index in [1.54, 1.807) is 0 Å². The van der Waals surface area contributed by atoms with Gasteiger partial charge in [-0.2, -0.15) is 0 Å². The molecule has 1 aliphatic rings. The smallest absolute Gasteiger partial charge is 0.303 e. The minimum absolute atomic E-state index is 0.134. The third-order valence-corrected chi connectivity index (χ3v) is 4.89. The Morgan fingerprint density at radius 1 is 1.43 bits per heavy atom. The lowest BCUT2D eigenvalue weighted by molar-refractivity contribution is -0.139. The fourth-order valence-corrected chi connectivity index (χ4v) is 3.74. The van der Waals surface area contributed by atoms with Gasteiger partial charge < -0.3 is 9.67 Å². The van der Waals surface area contributed by atoms with Gasteiger partial charge in [0.05, 0.1) is 17.5 Å². The number of carbonyl (C=O) groups is 1. The van der Waals surface area contributed by atoms with Crippen LogP contribution in [0.1, 0.15) is 37.9 Å². The molecule has 1 aromatic carbocycles. The molecule has 112 valence electrons. The molecule has 0 spiro atoms. The lowest BCUT2D eigenvalue weighted by Gasteiger charge is -2.26. The van der Waals surface area contributed by atoms with Crippen LogP contribution < -0.4 is 0 Å². The van der Waals surface area contributed by atoms with Crippen molar-refractivity contribution in [1.29, 1.82) is 0 Å². The van der Waals surface area contributed by atoms with Crippen LogP contribution in [0.15, 0.2) is 18.2 Å². The van der Waals surface area contributed by atoms with Gasteiger partial charge in [0.1, 0.15) is 5.82 Å². The topological polar surface area (TPSA) is 55.1 Å². The molecule has 0 unspecified atom stereocenters. The molecule has 5 heteroatoms. The summed E-state index contributed by atoms with van der Waals surface area (Å²) in [6.45, 7) is 0. The van der Waals surface area contributed by atoms with Crippen molar-refractivity contribution < 1.29 is 9.90 Å². The number of halogens is 1. The SMILES string of the molecule is Cn1c(CC2(CC(=O)O)CCCC2)nc2cc(Cl)ccc21. The highest BCUT2D eigenvalue weighted by Gasteiger charge is 2.37. The summed E-state index contributed by atoms with van der Waals surface area (Å²) in [5, 5.41) is 9.89. The monoisotopic (exact) mass is 306 g/mol. The Kier molecular flexibility index (Phi) is 3.66. The summed E-state index contributed by atoms with van der Waals surface area (Å²) in [6, 6.07) is 5.68. The number of rotatable bonds is 4. The highest BCUT2D eigenvalue weighted by Crippen LogP contribution is 2.44. The zero-order chi connectivity index (χ0) is 15.0. The number of hydrogen-bond acceptors (Lipinski definition) is 2. The van der Waals surface area contributed by atoms with E-state index in [1.807, 2.05) is 25.2 Å². The fraction of sp³-hybridized carbons (Fsp3) is 0.500. The summed E-state index contributed by atoms with van der Waals surface area (Å²) in [5.74, 6) is 0.245. The van der Waals surface area contributed by atoms with Gasteiger partial charge in [-0.05, 0) is 36.5 Å². The zero-order valence-corrected chi connectivity index (χ0v) is 12.9. The molecule has 1 aliphatic carbocycles. The van der Waals surface area contributed by atoms with Crippen LogP contribution in [-0.4, -0.2) is 20.6 Å². The lowest BCUT2D eigenvalue weighted by atomic mass is 9.79. The summed E-state index contributed by atoms with van der Waals surface area (Å²) < 4.78 is 2.06. The highest BCUT2D eigenvalue weighted by molar-refractivity contribution is 6.31. The van der Waals surface area contributed by atoms with Gasteiger partial charge in [-0.1, -0.05) is 24.4 Å². The summed E-state index contributed by atoms with van der Waals surface area (Å²) in [5.41, 5.74) is 1.78. The minimum Gasteiger partial charge on any atom is -0.481 e. The number of imidazole rings is 1. The van der Waals surface area contributed by atoms with Gasteiger partial charge in [-0.15, -0.1) is 0 Å². The number of carboxylic acids is 1. The molecule has 0 amide bonds. The molecule has 2 aromatic rings. The van der Waals surface area contributed by atoms with E-state index in [0.29, 0.717) is 5.02 Å². The Labute approximate surface area is 128 Å². The van der Waals surface area contributed by atoms with Gasteiger partial charge in [0.2, 0.25) is 0 Å². The van der Waals surface area contributed by atoms with Crippen LogP contribution in [0, 0.1) is 5.41 Å². The molecule has 1 N–H and O–H groups in total. The first-order chi connectivity index (χ1) is 9.99. The summed E-state index contributed by atoms with van der Waals surface area (Å²) >= 11 is 6.02. The molecule has 0 bridgehead atoms. The molecule has 0 saturated heterocycles. The Morgan fingerprint density at radius 3 is 2.81 bits per heavy atom. The molecule has 1 saturated carbocycles. The van der Waals surface area contributed by atoms with E-state index in [2.05, 4.69) is 9.55 Å². The minimum atomic E-state index is -0.710. The highest BCUT2D eigenvalue weighted by atomic mass is 35.5. The normalized spacial score (nSPS) is 17.4. The summed E-state index contributed by atoms with van der Waals surface area (Å²) in [7, 11) is 1.99. The molecule has 21 heavy (non-hydrogen) atoms. The second kappa shape index (κ2) is 5.34. The van der Waals surface area contributed by atoms with Crippen molar-refractivity contribution in [3.8, 4) is 0 Å². The number of nitrogens with zero attached hydrogens (tertiary/aromatic N) is 2. The molecule has 0 radical (unpaired) electrons. The van der Waals surface area contributed by atoms with Gasteiger partial charge in [0.15, 0.2) is 0 Å². The van der Waals surface area contributed by atoms with Crippen LogP contribution in [0.2, 0.25) is 5.02 Å². The van der Waals surface area contributed by atoms with Crippen molar-refractivity contribution in [2.45, 2.75) is 38.5 Å². The Morgan fingerprint density at radius 2 is 2.14 bits per heavy atom. The third kappa shape index (κ3) is 2.77. The largest absolute Gasteiger partial charge is 0.481 e. The standard InChI is InChI=1S/C16H19ClN2O2/c1-19-13-5-4-11(17)8-12(13)18-14(19)9-16(10-15(20)21)6-2-3-7-16/h4-5,8H,2-3,6-7,9-10H2,1H3,(H,20,21). The molecule has 1 heterocycles. The first-order valence-corrected chi connectivity index (χ1v) is 7.70. The van der Waals surface area contributed by atoms with Crippen molar-refractivity contribution in [2.75, 3.05) is 0 Å². The van der Waals surface area contributed by atoms with E-state index in [1.165, 1.54) is 0 Å². The van der Waals surface area contributed by atoms with E-state index < -0.39 is 5.97 Å². The van der Waals surface area contributed by atoms with E-state index >= 15 is 0 Å². The first kappa shape index (κ1) is 14.4. The molecule has 1 fully saturated rings. The van der Waals surface area contributed by atoms with Crippen molar-refractivity contribution in [2.24, 2.45) is 12.5 Å². The molecular formula is C16H19ClN2O2. The maximum atomic E-state index is 11.2. The van der Waals surface area contributed by atoms with E-state index in [9.17, 15) is 9.90 Å². The molecule has 0 aliphatic heterocycles. The van der Waals surface area contributed by atoms with Crippen LogP contribution >= 0.6 is 11.6 Å². The molecule has 3 rings (SSSR count). The van der Waals surface area contributed by atoms with Crippen LogP contribution in [0.3, 0.4) is 0 Å². The molecule has 1 aromatic heterocycles. The average molecular weight is 307 g/mol. The predicted octanol–water partition coefficient (Wildman–Crippen LogP) is 3.80. The van der Waals surface area contributed by atoms with Gasteiger partial charge in [-0.25, -0.2) is 4.98 Å². The average Bonchev–Trinajstić information content (AvgIpc) is 2.95. The number of carboxylic acid groups (broad SMARTS) is 1. The fourth-order valence-electron chi connectivity index (χ4n) is 3.58. The quantitative estimate of drug-likeness (QED) is 0.934. The van der Waals surface area contributed by atoms with Crippen molar-refractivity contribution >= 4 is 28.6 Å². The van der Waals surface area contributed by atoms with Gasteiger partial charge in [0.25, 0.3) is 0 Å². The van der Waals surface area contributed by atoms with Crippen LogP contribution in [0.4, 0.5) is 0 Å². The third-order valence-electron chi connectivity index (χ3n) is 4.66. The van der Waals surface area contributed by atoms with E-state index in [-0.39, 0.29) is 11.8 Å². The second-order valence-electron chi connectivity index (χ2n) is 6.17. The van der Waals surface area contributed by atoms with Crippen molar-refractivity contribution in [1.82, 2.24) is 9.55 Å². The number of fused-ring (bicyclic) bond motifs is 1. The second-order valence-corrected chi connectivity index (χ2v) is 6.61. The predicted molar refractivity (Wildman–Crippen MR) is 82.6 cm³/mol. The number of hydrogen-bond donors (Lipinski definition) is 1. The Balaban J connectivity index is 1.96. The van der Waals surface area contributed by atoms with Crippen LogP contribution in [0.25, 0.3) is 11.0 Å². The zero-order valence-electron chi connectivity index (χ0n) is 12.1. The van der Waals surface area contributed by atoms with Gasteiger partial charge in [-0.3, -0.25) is 4.79 Å². The first-order valence-electron chi connectivity index (χ1n) is 7.32. The Hall–Kier alpha value is -1.55. The van der Waals surface area contributed by atoms with Crippen LogP contribution in [0.5, 0.6) is 0 Å². The maximum Gasteiger partial charge on any atom is 0.303 e. The number of aryl methyl sites for hydroxylation is 1. The number of benzene rings is 1.